The van der Waals surface area contributed by atoms with Gasteiger partial charge in [-0.25, -0.2) is 4.39 Å². The Morgan fingerprint density at radius 2 is 2.21 bits per heavy atom. The van der Waals surface area contributed by atoms with E-state index in [0.717, 1.165) is 10.9 Å². The van der Waals surface area contributed by atoms with Gasteiger partial charge in [0.1, 0.15) is 5.82 Å². The van der Waals surface area contributed by atoms with Crippen LogP contribution in [-0.4, -0.2) is 10.1 Å². The first-order valence-electron chi connectivity index (χ1n) is 4.23. The minimum atomic E-state index is -0.592. The van der Waals surface area contributed by atoms with E-state index in [1.807, 2.05) is 0 Å². The summed E-state index contributed by atoms with van der Waals surface area (Å²) in [5.41, 5.74) is 1.37. The highest BCUT2D eigenvalue weighted by Crippen LogP contribution is 2.28. The molecule has 0 saturated carbocycles. The van der Waals surface area contributed by atoms with Crippen LogP contribution in [0.3, 0.4) is 0 Å². The summed E-state index contributed by atoms with van der Waals surface area (Å²) in [4.78, 5) is 2.88. The van der Waals surface area contributed by atoms with Gasteiger partial charge in [-0.05, 0) is 19.1 Å². The van der Waals surface area contributed by atoms with E-state index >= 15 is 0 Å². The van der Waals surface area contributed by atoms with Crippen LogP contribution in [0.25, 0.3) is 10.9 Å². The van der Waals surface area contributed by atoms with Crippen molar-refractivity contribution in [1.29, 1.82) is 0 Å². The number of aliphatic hydroxyl groups excluding tert-OH is 1. The van der Waals surface area contributed by atoms with E-state index in [9.17, 15) is 9.50 Å². The van der Waals surface area contributed by atoms with E-state index in [-0.39, 0.29) is 5.02 Å². The number of hydrogen-bond acceptors (Lipinski definition) is 1. The molecule has 1 aromatic carbocycles. The molecule has 1 atom stereocenters. The third-order valence-electron chi connectivity index (χ3n) is 2.20. The summed E-state index contributed by atoms with van der Waals surface area (Å²) in [5.74, 6) is -0.460. The van der Waals surface area contributed by atoms with Crippen LogP contribution in [0.2, 0.25) is 5.02 Å². The Morgan fingerprint density at radius 3 is 2.86 bits per heavy atom. The van der Waals surface area contributed by atoms with Crippen molar-refractivity contribution in [2.45, 2.75) is 13.0 Å². The van der Waals surface area contributed by atoms with Crippen LogP contribution >= 0.6 is 11.6 Å². The smallest absolute Gasteiger partial charge is 0.143 e. The minimum absolute atomic E-state index is 0.0685. The molecule has 2 nitrogen and oxygen atoms in total. The maximum Gasteiger partial charge on any atom is 0.143 e. The van der Waals surface area contributed by atoms with Gasteiger partial charge < -0.3 is 10.1 Å². The van der Waals surface area contributed by atoms with Crippen molar-refractivity contribution < 1.29 is 9.50 Å². The van der Waals surface area contributed by atoms with Crippen LogP contribution in [0, 0.1) is 5.82 Å². The van der Waals surface area contributed by atoms with E-state index in [0.29, 0.717) is 5.52 Å². The number of H-pyrrole nitrogens is 1. The normalized spacial score (nSPS) is 13.4. The predicted molar refractivity (Wildman–Crippen MR) is 53.9 cm³/mol. The zero-order valence-electron chi connectivity index (χ0n) is 7.51. The molecule has 1 aromatic heterocycles. The van der Waals surface area contributed by atoms with Crippen molar-refractivity contribution in [3.63, 3.8) is 0 Å². The second-order valence-corrected chi connectivity index (χ2v) is 3.64. The highest BCUT2D eigenvalue weighted by Gasteiger charge is 2.11. The summed E-state index contributed by atoms with van der Waals surface area (Å²) in [5, 5.41) is 10.2. The molecule has 1 heterocycles. The highest BCUT2D eigenvalue weighted by molar-refractivity contribution is 6.31. The van der Waals surface area contributed by atoms with E-state index in [1.165, 1.54) is 12.1 Å². The second kappa shape index (κ2) is 3.26. The number of halogens is 2. The fourth-order valence-electron chi connectivity index (χ4n) is 1.48. The van der Waals surface area contributed by atoms with Crippen molar-refractivity contribution in [3.05, 3.63) is 34.7 Å². The van der Waals surface area contributed by atoms with Crippen molar-refractivity contribution in [1.82, 2.24) is 4.98 Å². The molecule has 0 bridgehead atoms. The van der Waals surface area contributed by atoms with Crippen molar-refractivity contribution in [2.24, 2.45) is 0 Å². The Morgan fingerprint density at radius 1 is 1.50 bits per heavy atom. The van der Waals surface area contributed by atoms with Gasteiger partial charge in [0, 0.05) is 22.7 Å². The van der Waals surface area contributed by atoms with E-state index in [2.05, 4.69) is 4.98 Å². The van der Waals surface area contributed by atoms with Crippen LogP contribution in [0.15, 0.2) is 18.3 Å². The third-order valence-corrected chi connectivity index (χ3v) is 2.49. The van der Waals surface area contributed by atoms with Gasteiger partial charge >= 0.3 is 0 Å². The molecule has 0 saturated heterocycles. The number of aromatic nitrogens is 1. The van der Waals surface area contributed by atoms with Crippen molar-refractivity contribution in [2.75, 3.05) is 0 Å². The van der Waals surface area contributed by atoms with Gasteiger partial charge in [0.25, 0.3) is 0 Å². The lowest BCUT2D eigenvalue weighted by Crippen LogP contribution is -1.88. The molecule has 2 rings (SSSR count). The zero-order chi connectivity index (χ0) is 10.3. The average molecular weight is 214 g/mol. The van der Waals surface area contributed by atoms with Gasteiger partial charge in [-0.2, -0.15) is 0 Å². The third kappa shape index (κ3) is 1.38. The topological polar surface area (TPSA) is 36.0 Å². The Hall–Kier alpha value is -1.06. The molecule has 0 spiro atoms. The average Bonchev–Trinajstić information content (AvgIpc) is 2.48. The van der Waals surface area contributed by atoms with Crippen LogP contribution in [0.4, 0.5) is 4.39 Å². The lowest BCUT2D eigenvalue weighted by Gasteiger charge is -2.02. The fourth-order valence-corrected chi connectivity index (χ4v) is 1.65. The Balaban J connectivity index is 2.74. The van der Waals surface area contributed by atoms with Gasteiger partial charge in [-0.3, -0.25) is 0 Å². The molecule has 4 heteroatoms. The molecule has 0 fully saturated rings. The van der Waals surface area contributed by atoms with Gasteiger partial charge in [-0.15, -0.1) is 0 Å². The molecule has 0 aliphatic heterocycles. The first-order valence-corrected chi connectivity index (χ1v) is 4.61. The predicted octanol–water partition coefficient (Wildman–Crippen LogP) is 3.01. The van der Waals surface area contributed by atoms with Crippen LogP contribution in [0.1, 0.15) is 18.6 Å². The SMILES string of the molecule is CC(O)c1c[nH]c2cc(F)c(Cl)cc12. The fraction of sp³-hybridized carbons (Fsp3) is 0.200. The van der Waals surface area contributed by atoms with Crippen molar-refractivity contribution in [3.8, 4) is 0 Å². The van der Waals surface area contributed by atoms with Gasteiger partial charge in [0.2, 0.25) is 0 Å². The summed E-state index contributed by atoms with van der Waals surface area (Å²) in [6.45, 7) is 1.65. The summed E-state index contributed by atoms with van der Waals surface area (Å²) in [6, 6.07) is 2.84. The standard InChI is InChI=1S/C10H9ClFNO/c1-5(14)7-4-13-10-3-9(12)8(11)2-6(7)10/h2-5,13-14H,1H3. The lowest BCUT2D eigenvalue weighted by atomic mass is 10.1. The summed E-state index contributed by atoms with van der Waals surface area (Å²) >= 11 is 5.65. The van der Waals surface area contributed by atoms with Crippen LogP contribution < -0.4 is 0 Å². The number of nitrogens with one attached hydrogen (secondary N) is 1. The number of hydrogen-bond donors (Lipinski definition) is 2. The van der Waals surface area contributed by atoms with Crippen LogP contribution in [-0.2, 0) is 0 Å². The largest absolute Gasteiger partial charge is 0.389 e. The molecular formula is C10H9ClFNO. The van der Waals surface area contributed by atoms with E-state index in [4.69, 9.17) is 11.6 Å². The molecule has 0 aliphatic rings. The van der Waals surface area contributed by atoms with E-state index < -0.39 is 11.9 Å². The number of fused-ring (bicyclic) bond motifs is 1. The second-order valence-electron chi connectivity index (χ2n) is 3.23. The number of aromatic amines is 1. The molecule has 0 radical (unpaired) electrons. The highest BCUT2D eigenvalue weighted by atomic mass is 35.5. The Bertz CT molecular complexity index is 478. The molecule has 2 N–H and O–H groups in total. The zero-order valence-corrected chi connectivity index (χ0v) is 8.27. The molecule has 1 unspecified atom stereocenters. The molecular weight excluding hydrogens is 205 g/mol. The number of rotatable bonds is 1. The molecule has 0 aliphatic carbocycles. The van der Waals surface area contributed by atoms with Crippen molar-refractivity contribution >= 4 is 22.5 Å². The monoisotopic (exact) mass is 213 g/mol. The quantitative estimate of drug-likeness (QED) is 0.751. The number of aliphatic hydroxyl groups is 1. The maximum atomic E-state index is 13.0. The molecule has 2 aromatic rings. The van der Waals surface area contributed by atoms with Gasteiger partial charge in [-0.1, -0.05) is 11.6 Å². The minimum Gasteiger partial charge on any atom is -0.389 e. The Labute approximate surface area is 85.3 Å². The summed E-state index contributed by atoms with van der Waals surface area (Å²) < 4.78 is 13.0. The molecule has 74 valence electrons. The van der Waals surface area contributed by atoms with Crippen LogP contribution in [0.5, 0.6) is 0 Å². The lowest BCUT2D eigenvalue weighted by molar-refractivity contribution is 0.201. The summed E-state index contributed by atoms with van der Waals surface area (Å²) in [6.07, 6.45) is 1.07. The molecule has 14 heavy (non-hydrogen) atoms. The Kier molecular flexibility index (Phi) is 2.21. The first kappa shape index (κ1) is 9.49. The summed E-state index contributed by atoms with van der Waals surface area (Å²) in [7, 11) is 0. The maximum absolute atomic E-state index is 13.0. The van der Waals surface area contributed by atoms with Gasteiger partial charge in [0.05, 0.1) is 11.1 Å². The first-order chi connectivity index (χ1) is 6.59. The number of benzene rings is 1. The molecule has 0 amide bonds. The van der Waals surface area contributed by atoms with E-state index in [1.54, 1.807) is 13.1 Å². The van der Waals surface area contributed by atoms with Gasteiger partial charge in [0.15, 0.2) is 0 Å².